The van der Waals surface area contributed by atoms with Gasteiger partial charge in [-0.25, -0.2) is 0 Å². The minimum atomic E-state index is -0.599. The first-order valence-corrected chi connectivity index (χ1v) is 6.51. The molecule has 1 unspecified atom stereocenters. The Morgan fingerprint density at radius 1 is 1.28 bits per heavy atom. The fraction of sp³-hybridized carbons (Fsp3) is 0.667. The van der Waals surface area contributed by atoms with E-state index in [9.17, 15) is 4.79 Å². The molecule has 1 aliphatic carbocycles. The van der Waals surface area contributed by atoms with Crippen LogP contribution in [-0.2, 0) is 14.3 Å². The minimum absolute atomic E-state index is 0.0403. The van der Waals surface area contributed by atoms with Crippen LogP contribution in [0.2, 0.25) is 0 Å². The number of ketones is 1. The number of hydrogen-bond donors (Lipinski definition) is 0. The Morgan fingerprint density at radius 3 is 2.44 bits per heavy atom. The summed E-state index contributed by atoms with van der Waals surface area (Å²) in [5.41, 5.74) is 1.08. The number of rotatable bonds is 2. The molecule has 0 aromatic heterocycles. The first-order valence-electron chi connectivity index (χ1n) is 6.51. The molecule has 100 valence electrons. The molecular weight excluding hydrogens is 228 g/mol. The van der Waals surface area contributed by atoms with Gasteiger partial charge >= 0.3 is 0 Å². The molecule has 3 heteroatoms. The van der Waals surface area contributed by atoms with Crippen LogP contribution in [0.3, 0.4) is 0 Å². The summed E-state index contributed by atoms with van der Waals surface area (Å²) in [6.07, 6.45) is 6.47. The lowest BCUT2D eigenvalue weighted by molar-refractivity contribution is -0.117. The first kappa shape index (κ1) is 13.5. The van der Waals surface area contributed by atoms with Crippen LogP contribution in [0.4, 0.5) is 0 Å². The fourth-order valence-electron chi connectivity index (χ4n) is 2.88. The Bertz CT molecular complexity index is 398. The van der Waals surface area contributed by atoms with Crippen LogP contribution in [0.5, 0.6) is 0 Å². The standard InChI is InChI=1S/C15H22O3/c1-11-9-12(16)10-14(2,3)13(11)5-6-15(4)17-7-8-18-15/h5-6,9,13H,7-8,10H2,1-4H3. The van der Waals surface area contributed by atoms with Crippen molar-refractivity contribution in [2.75, 3.05) is 13.2 Å². The Balaban J connectivity index is 2.19. The van der Waals surface area contributed by atoms with Crippen molar-refractivity contribution in [1.29, 1.82) is 0 Å². The van der Waals surface area contributed by atoms with Crippen LogP contribution in [0, 0.1) is 11.3 Å². The molecule has 1 fully saturated rings. The second kappa shape index (κ2) is 4.63. The van der Waals surface area contributed by atoms with Crippen molar-refractivity contribution in [3.8, 4) is 0 Å². The number of carbonyl (C=O) groups excluding carboxylic acids is 1. The van der Waals surface area contributed by atoms with Crippen molar-refractivity contribution in [3.05, 3.63) is 23.8 Å². The summed E-state index contributed by atoms with van der Waals surface area (Å²) in [5, 5.41) is 0. The van der Waals surface area contributed by atoms with Crippen molar-refractivity contribution < 1.29 is 14.3 Å². The van der Waals surface area contributed by atoms with Crippen molar-refractivity contribution in [2.45, 2.75) is 39.9 Å². The van der Waals surface area contributed by atoms with Gasteiger partial charge < -0.3 is 9.47 Å². The predicted octanol–water partition coefficient (Wildman–Crippen LogP) is 2.87. The zero-order valence-corrected chi connectivity index (χ0v) is 11.7. The molecule has 0 amide bonds. The van der Waals surface area contributed by atoms with Crippen LogP contribution in [-0.4, -0.2) is 24.8 Å². The van der Waals surface area contributed by atoms with Crippen LogP contribution < -0.4 is 0 Å². The SMILES string of the molecule is CC1=CC(=O)CC(C)(C)C1C=CC1(C)OCCO1. The van der Waals surface area contributed by atoms with Gasteiger partial charge in [-0.1, -0.05) is 25.5 Å². The lowest BCUT2D eigenvalue weighted by Crippen LogP contribution is -2.31. The molecule has 0 bridgehead atoms. The Morgan fingerprint density at radius 2 is 1.89 bits per heavy atom. The number of ether oxygens (including phenoxy) is 2. The molecule has 0 saturated carbocycles. The molecule has 1 heterocycles. The summed E-state index contributed by atoms with van der Waals surface area (Å²) in [5.74, 6) is -0.112. The zero-order chi connectivity index (χ0) is 13.4. The Hall–Kier alpha value is -0.930. The second-order valence-corrected chi connectivity index (χ2v) is 6.07. The van der Waals surface area contributed by atoms with E-state index >= 15 is 0 Å². The average molecular weight is 250 g/mol. The molecule has 3 nitrogen and oxygen atoms in total. The van der Waals surface area contributed by atoms with Crippen molar-refractivity contribution >= 4 is 5.78 Å². The summed E-state index contributed by atoms with van der Waals surface area (Å²) in [7, 11) is 0. The molecule has 0 radical (unpaired) electrons. The molecule has 1 saturated heterocycles. The maximum Gasteiger partial charge on any atom is 0.185 e. The number of hydrogen-bond acceptors (Lipinski definition) is 3. The molecule has 0 aromatic rings. The highest BCUT2D eigenvalue weighted by molar-refractivity contribution is 5.92. The largest absolute Gasteiger partial charge is 0.344 e. The van der Waals surface area contributed by atoms with Crippen molar-refractivity contribution in [3.63, 3.8) is 0 Å². The normalized spacial score (nSPS) is 30.8. The van der Waals surface area contributed by atoms with Gasteiger partial charge in [0.25, 0.3) is 0 Å². The zero-order valence-electron chi connectivity index (χ0n) is 11.7. The molecule has 1 aliphatic heterocycles. The van der Waals surface area contributed by atoms with Crippen LogP contribution in [0.15, 0.2) is 23.8 Å². The van der Waals surface area contributed by atoms with E-state index in [4.69, 9.17) is 9.47 Å². The third-order valence-electron chi connectivity index (χ3n) is 3.80. The number of carbonyl (C=O) groups is 1. The van der Waals surface area contributed by atoms with Gasteiger partial charge in [0, 0.05) is 12.3 Å². The molecule has 2 rings (SSSR count). The maximum atomic E-state index is 11.6. The Labute approximate surface area is 109 Å². The van der Waals surface area contributed by atoms with E-state index in [2.05, 4.69) is 19.9 Å². The molecule has 18 heavy (non-hydrogen) atoms. The third kappa shape index (κ3) is 2.73. The van der Waals surface area contributed by atoms with Gasteiger partial charge in [-0.15, -0.1) is 0 Å². The fourth-order valence-corrected chi connectivity index (χ4v) is 2.88. The van der Waals surface area contributed by atoms with E-state index in [1.165, 1.54) is 0 Å². The highest BCUT2D eigenvalue weighted by atomic mass is 16.7. The minimum Gasteiger partial charge on any atom is -0.344 e. The topological polar surface area (TPSA) is 35.5 Å². The summed E-state index contributed by atoms with van der Waals surface area (Å²) in [4.78, 5) is 11.6. The highest BCUT2D eigenvalue weighted by Gasteiger charge is 2.36. The molecule has 2 aliphatic rings. The summed E-state index contributed by atoms with van der Waals surface area (Å²) in [6.45, 7) is 9.50. The molecule has 1 atom stereocenters. The summed E-state index contributed by atoms with van der Waals surface area (Å²) < 4.78 is 11.1. The average Bonchev–Trinajstić information content (AvgIpc) is 2.62. The third-order valence-corrected chi connectivity index (χ3v) is 3.80. The lowest BCUT2D eigenvalue weighted by Gasteiger charge is -2.36. The van der Waals surface area contributed by atoms with E-state index in [1.54, 1.807) is 6.08 Å². The van der Waals surface area contributed by atoms with E-state index in [1.807, 2.05) is 19.9 Å². The van der Waals surface area contributed by atoms with E-state index < -0.39 is 5.79 Å². The van der Waals surface area contributed by atoms with Gasteiger partial charge in [-0.05, 0) is 31.4 Å². The monoisotopic (exact) mass is 250 g/mol. The van der Waals surface area contributed by atoms with E-state index in [0.29, 0.717) is 19.6 Å². The molecule has 0 spiro atoms. The Kier molecular flexibility index (Phi) is 3.47. The van der Waals surface area contributed by atoms with Gasteiger partial charge in [0.1, 0.15) is 0 Å². The smallest absolute Gasteiger partial charge is 0.185 e. The second-order valence-electron chi connectivity index (χ2n) is 6.07. The van der Waals surface area contributed by atoms with Gasteiger partial charge in [-0.3, -0.25) is 4.79 Å². The van der Waals surface area contributed by atoms with Gasteiger partial charge in [-0.2, -0.15) is 0 Å². The first-order chi connectivity index (χ1) is 8.32. The van der Waals surface area contributed by atoms with Gasteiger partial charge in [0.2, 0.25) is 0 Å². The van der Waals surface area contributed by atoms with Gasteiger partial charge in [0.05, 0.1) is 13.2 Å². The molecule has 0 aromatic carbocycles. The van der Waals surface area contributed by atoms with E-state index in [0.717, 1.165) is 5.57 Å². The summed E-state index contributed by atoms with van der Waals surface area (Å²) in [6, 6.07) is 0. The van der Waals surface area contributed by atoms with Crippen LogP contribution in [0.25, 0.3) is 0 Å². The summed E-state index contributed by atoms with van der Waals surface area (Å²) >= 11 is 0. The van der Waals surface area contributed by atoms with Crippen molar-refractivity contribution in [1.82, 2.24) is 0 Å². The maximum absolute atomic E-state index is 11.6. The van der Waals surface area contributed by atoms with E-state index in [-0.39, 0.29) is 17.1 Å². The predicted molar refractivity (Wildman–Crippen MR) is 70.1 cm³/mol. The molecular formula is C15H22O3. The van der Waals surface area contributed by atoms with Gasteiger partial charge in [0.15, 0.2) is 11.6 Å². The quantitative estimate of drug-likeness (QED) is 0.707. The molecule has 0 N–H and O–H groups in total. The number of allylic oxidation sites excluding steroid dienone is 3. The van der Waals surface area contributed by atoms with Crippen LogP contribution in [0.1, 0.15) is 34.1 Å². The van der Waals surface area contributed by atoms with Crippen molar-refractivity contribution in [2.24, 2.45) is 11.3 Å². The lowest BCUT2D eigenvalue weighted by atomic mass is 9.68. The van der Waals surface area contributed by atoms with Crippen LogP contribution >= 0.6 is 0 Å². The highest BCUT2D eigenvalue weighted by Crippen LogP contribution is 2.41.